The van der Waals surface area contributed by atoms with Crippen LogP contribution in [0, 0.1) is 11.2 Å². The molecule has 2 nitrogen and oxygen atoms in total. The van der Waals surface area contributed by atoms with Gasteiger partial charge in [-0.2, -0.15) is 0 Å². The Morgan fingerprint density at radius 3 is 2.78 bits per heavy atom. The SMILES string of the molecule is COCCC(C)(C)CNCc1cc(Cl)ccc1F. The summed E-state index contributed by atoms with van der Waals surface area (Å²) in [5, 5.41) is 3.83. The molecule has 0 saturated carbocycles. The van der Waals surface area contributed by atoms with Gasteiger partial charge in [0.2, 0.25) is 0 Å². The van der Waals surface area contributed by atoms with Gasteiger partial charge in [-0.1, -0.05) is 25.4 Å². The predicted octanol–water partition coefficient (Wildman–Crippen LogP) is 3.63. The smallest absolute Gasteiger partial charge is 0.127 e. The first-order chi connectivity index (χ1) is 8.44. The average Bonchev–Trinajstić information content (AvgIpc) is 2.31. The van der Waals surface area contributed by atoms with E-state index in [0.717, 1.165) is 19.6 Å². The second-order valence-corrected chi connectivity index (χ2v) is 5.68. The quantitative estimate of drug-likeness (QED) is 0.819. The van der Waals surface area contributed by atoms with Crippen LogP contribution in [0.3, 0.4) is 0 Å². The molecule has 102 valence electrons. The minimum atomic E-state index is -0.221. The fraction of sp³-hybridized carbons (Fsp3) is 0.571. The van der Waals surface area contributed by atoms with E-state index in [-0.39, 0.29) is 11.2 Å². The Labute approximate surface area is 113 Å². The maximum Gasteiger partial charge on any atom is 0.127 e. The molecular formula is C14H21ClFNO. The van der Waals surface area contributed by atoms with Crippen molar-refractivity contribution >= 4 is 11.6 Å². The molecule has 1 rings (SSSR count). The van der Waals surface area contributed by atoms with Gasteiger partial charge in [-0.15, -0.1) is 0 Å². The van der Waals surface area contributed by atoms with E-state index in [1.165, 1.54) is 6.07 Å². The van der Waals surface area contributed by atoms with Gasteiger partial charge in [0.15, 0.2) is 0 Å². The van der Waals surface area contributed by atoms with Gasteiger partial charge in [0.05, 0.1) is 0 Å². The van der Waals surface area contributed by atoms with E-state index >= 15 is 0 Å². The molecule has 1 aromatic rings. The van der Waals surface area contributed by atoms with Gasteiger partial charge in [0.1, 0.15) is 5.82 Å². The summed E-state index contributed by atoms with van der Waals surface area (Å²) in [6, 6.07) is 4.62. The van der Waals surface area contributed by atoms with Crippen molar-refractivity contribution in [2.45, 2.75) is 26.8 Å². The molecule has 0 aromatic heterocycles. The second kappa shape index (κ2) is 7.07. The molecule has 0 heterocycles. The molecule has 18 heavy (non-hydrogen) atoms. The zero-order valence-corrected chi connectivity index (χ0v) is 12.0. The topological polar surface area (TPSA) is 21.3 Å². The standard InChI is InChI=1S/C14H21ClFNO/c1-14(2,6-7-18-3)10-17-9-11-8-12(15)4-5-13(11)16/h4-5,8,17H,6-7,9-10H2,1-3H3. The van der Waals surface area contributed by atoms with Gasteiger partial charge in [-0.25, -0.2) is 4.39 Å². The highest BCUT2D eigenvalue weighted by molar-refractivity contribution is 6.30. The summed E-state index contributed by atoms with van der Waals surface area (Å²) in [6.07, 6.45) is 0.967. The van der Waals surface area contributed by atoms with E-state index in [1.54, 1.807) is 19.2 Å². The van der Waals surface area contributed by atoms with Crippen LogP contribution in [-0.4, -0.2) is 20.3 Å². The Morgan fingerprint density at radius 2 is 2.11 bits per heavy atom. The highest BCUT2D eigenvalue weighted by Crippen LogP contribution is 2.19. The van der Waals surface area contributed by atoms with Gasteiger partial charge >= 0.3 is 0 Å². The van der Waals surface area contributed by atoms with Crippen molar-refractivity contribution in [1.29, 1.82) is 0 Å². The first kappa shape index (κ1) is 15.4. The first-order valence-corrected chi connectivity index (χ1v) is 6.46. The lowest BCUT2D eigenvalue weighted by Gasteiger charge is -2.24. The lowest BCUT2D eigenvalue weighted by Crippen LogP contribution is -2.30. The number of methoxy groups -OCH3 is 1. The monoisotopic (exact) mass is 273 g/mol. The molecule has 0 unspecified atom stereocenters. The normalized spacial score (nSPS) is 11.8. The molecule has 0 aliphatic carbocycles. The minimum Gasteiger partial charge on any atom is -0.385 e. The molecule has 0 radical (unpaired) electrons. The van der Waals surface area contributed by atoms with Crippen LogP contribution in [0.25, 0.3) is 0 Å². The predicted molar refractivity (Wildman–Crippen MR) is 73.4 cm³/mol. The maximum atomic E-state index is 13.5. The summed E-state index contributed by atoms with van der Waals surface area (Å²) < 4.78 is 18.5. The molecule has 0 fully saturated rings. The molecule has 0 atom stereocenters. The summed E-state index contributed by atoms with van der Waals surface area (Å²) in [4.78, 5) is 0. The molecule has 0 aliphatic rings. The first-order valence-electron chi connectivity index (χ1n) is 6.08. The number of halogens is 2. The van der Waals surface area contributed by atoms with Gasteiger partial charge in [0, 0.05) is 37.4 Å². The van der Waals surface area contributed by atoms with E-state index in [1.807, 2.05) is 0 Å². The third-order valence-corrected chi connectivity index (χ3v) is 3.14. The molecular weight excluding hydrogens is 253 g/mol. The van der Waals surface area contributed by atoms with Crippen LogP contribution in [0.4, 0.5) is 4.39 Å². The lowest BCUT2D eigenvalue weighted by molar-refractivity contribution is 0.150. The fourth-order valence-electron chi connectivity index (χ4n) is 1.68. The molecule has 0 aliphatic heterocycles. The van der Waals surface area contributed by atoms with E-state index in [9.17, 15) is 4.39 Å². The highest BCUT2D eigenvalue weighted by atomic mass is 35.5. The molecule has 0 amide bonds. The summed E-state index contributed by atoms with van der Waals surface area (Å²) in [5.41, 5.74) is 0.732. The summed E-state index contributed by atoms with van der Waals surface area (Å²) in [6.45, 7) is 6.35. The molecule has 1 N–H and O–H groups in total. The Morgan fingerprint density at radius 1 is 1.39 bits per heavy atom. The van der Waals surface area contributed by atoms with Crippen LogP contribution in [0.5, 0.6) is 0 Å². The van der Waals surface area contributed by atoms with Gasteiger partial charge in [-0.3, -0.25) is 0 Å². The largest absolute Gasteiger partial charge is 0.385 e. The van der Waals surface area contributed by atoms with Gasteiger partial charge in [-0.05, 0) is 30.0 Å². The van der Waals surface area contributed by atoms with Crippen molar-refractivity contribution in [2.24, 2.45) is 5.41 Å². The number of hydrogen-bond donors (Lipinski definition) is 1. The minimum absolute atomic E-state index is 0.130. The molecule has 0 bridgehead atoms. The Hall–Kier alpha value is -0.640. The third kappa shape index (κ3) is 5.34. The van der Waals surface area contributed by atoms with Crippen molar-refractivity contribution < 1.29 is 9.13 Å². The van der Waals surface area contributed by atoms with Crippen LogP contribution < -0.4 is 5.32 Å². The van der Waals surface area contributed by atoms with Crippen LogP contribution in [0.1, 0.15) is 25.8 Å². The zero-order valence-electron chi connectivity index (χ0n) is 11.2. The molecule has 0 spiro atoms. The maximum absolute atomic E-state index is 13.5. The summed E-state index contributed by atoms with van der Waals surface area (Å²) in [5.74, 6) is -0.221. The van der Waals surface area contributed by atoms with Crippen molar-refractivity contribution in [3.8, 4) is 0 Å². The number of benzene rings is 1. The summed E-state index contributed by atoms with van der Waals surface area (Å²) >= 11 is 5.84. The Kier molecular flexibility index (Phi) is 6.06. The average molecular weight is 274 g/mol. The zero-order chi connectivity index (χ0) is 13.6. The van der Waals surface area contributed by atoms with Crippen LogP contribution >= 0.6 is 11.6 Å². The van der Waals surface area contributed by atoms with Crippen molar-refractivity contribution in [2.75, 3.05) is 20.3 Å². The van der Waals surface area contributed by atoms with E-state index in [0.29, 0.717) is 17.1 Å². The van der Waals surface area contributed by atoms with E-state index < -0.39 is 0 Å². The van der Waals surface area contributed by atoms with E-state index in [2.05, 4.69) is 19.2 Å². The fourth-order valence-corrected chi connectivity index (χ4v) is 1.88. The molecule has 0 saturated heterocycles. The third-order valence-electron chi connectivity index (χ3n) is 2.91. The van der Waals surface area contributed by atoms with Crippen molar-refractivity contribution in [3.05, 3.63) is 34.6 Å². The Balaban J connectivity index is 2.43. The van der Waals surface area contributed by atoms with Crippen molar-refractivity contribution in [3.63, 3.8) is 0 Å². The number of hydrogen-bond acceptors (Lipinski definition) is 2. The van der Waals surface area contributed by atoms with Crippen LogP contribution in [0.15, 0.2) is 18.2 Å². The van der Waals surface area contributed by atoms with Crippen LogP contribution in [0.2, 0.25) is 5.02 Å². The number of rotatable bonds is 7. The van der Waals surface area contributed by atoms with Gasteiger partial charge in [0.25, 0.3) is 0 Å². The summed E-state index contributed by atoms with van der Waals surface area (Å²) in [7, 11) is 1.70. The van der Waals surface area contributed by atoms with E-state index in [4.69, 9.17) is 16.3 Å². The number of ether oxygens (including phenoxy) is 1. The van der Waals surface area contributed by atoms with Gasteiger partial charge < -0.3 is 10.1 Å². The number of nitrogens with one attached hydrogen (secondary N) is 1. The Bertz CT molecular complexity index is 382. The second-order valence-electron chi connectivity index (χ2n) is 5.25. The molecule has 4 heteroatoms. The highest BCUT2D eigenvalue weighted by Gasteiger charge is 2.17. The van der Waals surface area contributed by atoms with Crippen LogP contribution in [-0.2, 0) is 11.3 Å². The lowest BCUT2D eigenvalue weighted by atomic mass is 9.89. The molecule has 1 aromatic carbocycles. The van der Waals surface area contributed by atoms with Crippen molar-refractivity contribution in [1.82, 2.24) is 5.32 Å².